The highest BCUT2D eigenvalue weighted by Gasteiger charge is 2.26. The number of benzene rings is 1. The second-order valence-electron chi connectivity index (χ2n) is 7.98. The first-order valence-electron chi connectivity index (χ1n) is 11.5. The van der Waals surface area contributed by atoms with E-state index in [1.165, 1.54) is 42.3 Å². The summed E-state index contributed by atoms with van der Waals surface area (Å²) in [6.45, 7) is 2.72. The number of carbonyl (C=O) groups excluding carboxylic acids is 2. The maximum Gasteiger partial charge on any atom is 0.341 e. The van der Waals surface area contributed by atoms with Gasteiger partial charge in [0.15, 0.2) is 11.0 Å². The first-order chi connectivity index (χ1) is 17.0. The summed E-state index contributed by atoms with van der Waals surface area (Å²) in [6.07, 6.45) is 4.98. The van der Waals surface area contributed by atoms with Gasteiger partial charge in [0.1, 0.15) is 23.2 Å². The molecule has 1 amide bonds. The van der Waals surface area contributed by atoms with E-state index in [0.717, 1.165) is 42.5 Å². The van der Waals surface area contributed by atoms with Crippen LogP contribution >= 0.6 is 23.1 Å². The summed E-state index contributed by atoms with van der Waals surface area (Å²) >= 11 is 2.73. The summed E-state index contributed by atoms with van der Waals surface area (Å²) in [7, 11) is 1.36. The van der Waals surface area contributed by atoms with Crippen molar-refractivity contribution in [3.8, 4) is 5.75 Å². The molecule has 0 spiro atoms. The van der Waals surface area contributed by atoms with Crippen molar-refractivity contribution in [2.45, 2.75) is 57.3 Å². The standard InChI is InChI=1S/C24H27FN4O4S2/c1-3-29-19(13-33-16-11-9-15(25)10-12-16)27-28-24(29)34-14-20(30)26-22-21(23(31)32-2)17-7-5-4-6-8-18(17)35-22/h9-12H,3-8,13-14H2,1-2H3,(H,26,30). The highest BCUT2D eigenvalue weighted by molar-refractivity contribution is 7.99. The fraction of sp³-hybridized carbons (Fsp3) is 0.417. The molecule has 11 heteroatoms. The lowest BCUT2D eigenvalue weighted by molar-refractivity contribution is -0.113. The van der Waals surface area contributed by atoms with Crippen molar-refractivity contribution in [2.24, 2.45) is 0 Å². The highest BCUT2D eigenvalue weighted by atomic mass is 32.2. The van der Waals surface area contributed by atoms with Gasteiger partial charge in [-0.15, -0.1) is 21.5 Å². The Labute approximate surface area is 211 Å². The zero-order valence-electron chi connectivity index (χ0n) is 19.6. The van der Waals surface area contributed by atoms with E-state index in [1.54, 1.807) is 12.1 Å². The lowest BCUT2D eigenvalue weighted by Crippen LogP contribution is -2.17. The minimum absolute atomic E-state index is 0.111. The Kier molecular flexibility index (Phi) is 8.40. The second kappa shape index (κ2) is 11.7. The number of nitrogens with one attached hydrogen (secondary N) is 1. The Hall–Kier alpha value is -2.92. The van der Waals surface area contributed by atoms with Gasteiger partial charge in [-0.1, -0.05) is 18.2 Å². The Balaban J connectivity index is 1.40. The number of hydrogen-bond acceptors (Lipinski definition) is 8. The zero-order valence-corrected chi connectivity index (χ0v) is 21.3. The van der Waals surface area contributed by atoms with Crippen LogP contribution in [0.1, 0.15) is 52.8 Å². The molecule has 0 saturated carbocycles. The van der Waals surface area contributed by atoms with Crippen LogP contribution in [0.15, 0.2) is 29.4 Å². The van der Waals surface area contributed by atoms with Gasteiger partial charge < -0.3 is 19.4 Å². The molecule has 186 valence electrons. The number of methoxy groups -OCH3 is 1. The van der Waals surface area contributed by atoms with Gasteiger partial charge in [-0.05, 0) is 62.4 Å². The first kappa shape index (κ1) is 25.2. The summed E-state index contributed by atoms with van der Waals surface area (Å²) in [5.41, 5.74) is 1.50. The molecule has 1 aromatic carbocycles. The number of rotatable bonds is 9. The van der Waals surface area contributed by atoms with E-state index in [1.807, 2.05) is 11.5 Å². The second-order valence-corrected chi connectivity index (χ2v) is 10.0. The monoisotopic (exact) mass is 518 g/mol. The van der Waals surface area contributed by atoms with Crippen LogP contribution in [0.4, 0.5) is 9.39 Å². The molecule has 4 rings (SSSR count). The summed E-state index contributed by atoms with van der Waals surface area (Å²) in [5.74, 6) is 0.273. The number of esters is 1. The van der Waals surface area contributed by atoms with Gasteiger partial charge in [-0.2, -0.15) is 0 Å². The van der Waals surface area contributed by atoms with Crippen LogP contribution in [0.25, 0.3) is 0 Å². The predicted molar refractivity (Wildman–Crippen MR) is 133 cm³/mol. The largest absolute Gasteiger partial charge is 0.486 e. The van der Waals surface area contributed by atoms with Crippen molar-refractivity contribution >= 4 is 40.0 Å². The van der Waals surface area contributed by atoms with Crippen LogP contribution in [0.3, 0.4) is 0 Å². The predicted octanol–water partition coefficient (Wildman–Crippen LogP) is 4.86. The van der Waals surface area contributed by atoms with Crippen molar-refractivity contribution < 1.29 is 23.5 Å². The number of ether oxygens (including phenoxy) is 2. The number of thiophene rings is 1. The number of thioether (sulfide) groups is 1. The lowest BCUT2D eigenvalue weighted by Gasteiger charge is -2.09. The average Bonchev–Trinajstić information content (AvgIpc) is 3.33. The fourth-order valence-corrected chi connectivity index (χ4v) is 6.09. The van der Waals surface area contributed by atoms with Crippen molar-refractivity contribution in [3.05, 3.63) is 51.9 Å². The highest BCUT2D eigenvalue weighted by Crippen LogP contribution is 2.38. The molecule has 0 bridgehead atoms. The third-order valence-electron chi connectivity index (χ3n) is 5.69. The Bertz CT molecular complexity index is 1190. The molecule has 2 heterocycles. The number of fused-ring (bicyclic) bond motifs is 1. The zero-order chi connectivity index (χ0) is 24.8. The van der Waals surface area contributed by atoms with Crippen LogP contribution in [-0.4, -0.2) is 39.5 Å². The summed E-state index contributed by atoms with van der Waals surface area (Å²) in [6, 6.07) is 5.76. The van der Waals surface area contributed by atoms with Gasteiger partial charge in [-0.3, -0.25) is 4.79 Å². The van der Waals surface area contributed by atoms with E-state index in [2.05, 4.69) is 15.5 Å². The maximum absolute atomic E-state index is 13.1. The van der Waals surface area contributed by atoms with Gasteiger partial charge in [0.25, 0.3) is 0 Å². The molecule has 1 aliphatic carbocycles. The topological polar surface area (TPSA) is 95.3 Å². The summed E-state index contributed by atoms with van der Waals surface area (Å²) in [4.78, 5) is 26.4. The molecule has 1 N–H and O–H groups in total. The van der Waals surface area contributed by atoms with Crippen molar-refractivity contribution in [1.82, 2.24) is 14.8 Å². The van der Waals surface area contributed by atoms with Crippen LogP contribution in [0, 0.1) is 5.82 Å². The molecule has 1 aliphatic rings. The van der Waals surface area contributed by atoms with E-state index in [9.17, 15) is 14.0 Å². The quantitative estimate of drug-likeness (QED) is 0.245. The van der Waals surface area contributed by atoms with Gasteiger partial charge in [0.2, 0.25) is 5.91 Å². The molecule has 0 fully saturated rings. The Morgan fingerprint density at radius 3 is 2.69 bits per heavy atom. The minimum Gasteiger partial charge on any atom is -0.486 e. The third-order valence-corrected chi connectivity index (χ3v) is 7.86. The molecular formula is C24H27FN4O4S2. The molecule has 0 radical (unpaired) electrons. The molecule has 0 saturated heterocycles. The van der Waals surface area contributed by atoms with E-state index in [4.69, 9.17) is 9.47 Å². The van der Waals surface area contributed by atoms with Crippen molar-refractivity contribution in [1.29, 1.82) is 0 Å². The van der Waals surface area contributed by atoms with Crippen LogP contribution < -0.4 is 10.1 Å². The molecule has 0 atom stereocenters. The van der Waals surface area contributed by atoms with Crippen molar-refractivity contribution in [3.63, 3.8) is 0 Å². The van der Waals surface area contributed by atoms with Crippen LogP contribution in [0.2, 0.25) is 0 Å². The smallest absolute Gasteiger partial charge is 0.341 e. The molecular weight excluding hydrogens is 491 g/mol. The summed E-state index contributed by atoms with van der Waals surface area (Å²) < 4.78 is 25.6. The molecule has 35 heavy (non-hydrogen) atoms. The average molecular weight is 519 g/mol. The van der Waals surface area contributed by atoms with Crippen LogP contribution in [0.5, 0.6) is 5.75 Å². The normalized spacial score (nSPS) is 13.1. The molecule has 8 nitrogen and oxygen atoms in total. The number of aromatic nitrogens is 3. The lowest BCUT2D eigenvalue weighted by atomic mass is 10.1. The summed E-state index contributed by atoms with van der Waals surface area (Å²) in [5, 5.41) is 12.4. The SMILES string of the molecule is CCn1c(COc2ccc(F)cc2)nnc1SCC(=O)Nc1sc2c(c1C(=O)OC)CCCCC2. The van der Waals surface area contributed by atoms with E-state index in [0.29, 0.717) is 33.8 Å². The molecule has 2 aromatic heterocycles. The molecule has 0 aliphatic heterocycles. The van der Waals surface area contributed by atoms with Crippen molar-refractivity contribution in [2.75, 3.05) is 18.2 Å². The van der Waals surface area contributed by atoms with Gasteiger partial charge in [0, 0.05) is 11.4 Å². The van der Waals surface area contributed by atoms with E-state index < -0.39 is 5.97 Å². The number of nitrogens with zero attached hydrogens (tertiary/aromatic N) is 3. The molecule has 0 unspecified atom stereocenters. The van der Waals surface area contributed by atoms with Crippen LogP contribution in [-0.2, 0) is 35.5 Å². The van der Waals surface area contributed by atoms with Gasteiger partial charge in [-0.25, -0.2) is 9.18 Å². The number of anilines is 1. The number of aryl methyl sites for hydroxylation is 1. The number of carbonyl (C=O) groups is 2. The van der Waals surface area contributed by atoms with Gasteiger partial charge >= 0.3 is 5.97 Å². The fourth-order valence-electron chi connectivity index (χ4n) is 3.97. The molecule has 3 aromatic rings. The number of halogens is 1. The van der Waals surface area contributed by atoms with E-state index >= 15 is 0 Å². The minimum atomic E-state index is -0.413. The van der Waals surface area contributed by atoms with Gasteiger partial charge in [0.05, 0.1) is 18.4 Å². The third kappa shape index (κ3) is 6.02. The van der Waals surface area contributed by atoms with E-state index in [-0.39, 0.29) is 24.1 Å². The first-order valence-corrected chi connectivity index (χ1v) is 13.3. The number of hydrogen-bond donors (Lipinski definition) is 1. The number of amides is 1. The maximum atomic E-state index is 13.1. The Morgan fingerprint density at radius 2 is 1.94 bits per heavy atom. The Morgan fingerprint density at radius 1 is 1.17 bits per heavy atom.